The molecule has 2 rings (SSSR count). The number of hydrogen-bond acceptors (Lipinski definition) is 5. The second-order valence-electron chi connectivity index (χ2n) is 4.12. The van der Waals surface area contributed by atoms with Crippen molar-refractivity contribution in [2.75, 3.05) is 18.8 Å². The van der Waals surface area contributed by atoms with Gasteiger partial charge in [-0.2, -0.15) is 0 Å². The summed E-state index contributed by atoms with van der Waals surface area (Å²) in [7, 11) is 0. The zero-order valence-corrected chi connectivity index (χ0v) is 11.2. The minimum absolute atomic E-state index is 0. The smallest absolute Gasteiger partial charge is 0.180 e. The quantitative estimate of drug-likeness (QED) is 0.883. The van der Waals surface area contributed by atoms with Gasteiger partial charge in [0.2, 0.25) is 0 Å². The third kappa shape index (κ3) is 3.59. The van der Waals surface area contributed by atoms with Crippen LogP contribution < -0.4 is 5.73 Å². The highest BCUT2D eigenvalue weighted by Gasteiger charge is 2.22. The number of anilines is 1. The summed E-state index contributed by atoms with van der Waals surface area (Å²) < 4.78 is 5.68. The maximum atomic E-state index is 5.68. The second-order valence-corrected chi connectivity index (χ2v) is 5.26. The normalized spacial score (nSPS) is 26.4. The average Bonchev–Trinajstić information content (AvgIpc) is 2.49. The van der Waals surface area contributed by atoms with E-state index in [0.29, 0.717) is 17.3 Å². The number of nitrogens with two attached hydrogens (primary N) is 1. The molecule has 1 fully saturated rings. The summed E-state index contributed by atoms with van der Waals surface area (Å²) in [5.74, 6) is 0. The van der Waals surface area contributed by atoms with Gasteiger partial charge in [-0.3, -0.25) is 4.90 Å². The minimum Gasteiger partial charge on any atom is -0.375 e. The van der Waals surface area contributed by atoms with E-state index in [-0.39, 0.29) is 12.4 Å². The topological polar surface area (TPSA) is 51.4 Å². The van der Waals surface area contributed by atoms with Crippen LogP contribution in [0.2, 0.25) is 0 Å². The summed E-state index contributed by atoms with van der Waals surface area (Å²) in [5.41, 5.74) is 5.60. The molecular weight excluding hydrogens is 246 g/mol. The highest BCUT2D eigenvalue weighted by molar-refractivity contribution is 7.15. The molecule has 0 aromatic carbocycles. The Kier molecular flexibility index (Phi) is 4.98. The van der Waals surface area contributed by atoms with Crippen molar-refractivity contribution in [1.82, 2.24) is 9.88 Å². The molecule has 0 spiro atoms. The van der Waals surface area contributed by atoms with Crippen LogP contribution in [0.3, 0.4) is 0 Å². The van der Waals surface area contributed by atoms with E-state index in [9.17, 15) is 0 Å². The predicted octanol–water partition coefficient (Wildman–Crippen LogP) is 1.76. The second kappa shape index (κ2) is 5.82. The number of morpholine rings is 1. The van der Waals surface area contributed by atoms with Crippen molar-refractivity contribution in [3.63, 3.8) is 0 Å². The van der Waals surface area contributed by atoms with E-state index in [1.165, 1.54) is 4.88 Å². The summed E-state index contributed by atoms with van der Waals surface area (Å²) in [6.07, 6.45) is 2.50. The molecule has 92 valence electrons. The van der Waals surface area contributed by atoms with Crippen LogP contribution in [0.5, 0.6) is 0 Å². The molecule has 2 heterocycles. The Morgan fingerprint density at radius 2 is 2.12 bits per heavy atom. The standard InChI is InChI=1S/C10H17N3OS.ClH/c1-7-4-13(5-8(2)14-7)6-9-3-12-10(11)15-9;/h3,7-8H,4-6H2,1-2H3,(H2,11,12);1H/t7-,8+;. The Hall–Kier alpha value is -0.360. The van der Waals surface area contributed by atoms with E-state index in [1.807, 2.05) is 6.20 Å². The van der Waals surface area contributed by atoms with Crippen LogP contribution in [0.1, 0.15) is 18.7 Å². The fourth-order valence-electron chi connectivity index (χ4n) is 2.03. The van der Waals surface area contributed by atoms with E-state index in [4.69, 9.17) is 10.5 Å². The van der Waals surface area contributed by atoms with E-state index < -0.39 is 0 Å². The predicted molar refractivity (Wildman–Crippen MR) is 69.1 cm³/mol. The van der Waals surface area contributed by atoms with Crippen molar-refractivity contribution in [2.24, 2.45) is 0 Å². The van der Waals surface area contributed by atoms with Crippen LogP contribution in [0.25, 0.3) is 0 Å². The Bertz CT molecular complexity index is 324. The fourth-order valence-corrected chi connectivity index (χ4v) is 2.76. The molecule has 1 aromatic heterocycles. The van der Waals surface area contributed by atoms with Crippen LogP contribution in [0, 0.1) is 0 Å². The number of rotatable bonds is 2. The van der Waals surface area contributed by atoms with Crippen molar-refractivity contribution in [3.8, 4) is 0 Å². The van der Waals surface area contributed by atoms with Crippen LogP contribution >= 0.6 is 23.7 Å². The molecule has 2 atom stereocenters. The molecule has 0 bridgehead atoms. The molecule has 0 unspecified atom stereocenters. The maximum Gasteiger partial charge on any atom is 0.180 e. The van der Waals surface area contributed by atoms with Crippen LogP contribution in [-0.2, 0) is 11.3 Å². The largest absolute Gasteiger partial charge is 0.375 e. The number of nitrogens with zero attached hydrogens (tertiary/aromatic N) is 2. The molecular formula is C10H18ClN3OS. The summed E-state index contributed by atoms with van der Waals surface area (Å²) in [5, 5.41) is 0.652. The van der Waals surface area contributed by atoms with Crippen LogP contribution in [-0.4, -0.2) is 35.2 Å². The first-order valence-corrected chi connectivity index (χ1v) is 6.03. The molecule has 0 amide bonds. The number of nitrogen functional groups attached to an aromatic ring is 1. The van der Waals surface area contributed by atoms with E-state index in [0.717, 1.165) is 19.6 Å². The molecule has 16 heavy (non-hydrogen) atoms. The molecule has 0 radical (unpaired) electrons. The lowest BCUT2D eigenvalue weighted by Gasteiger charge is -2.34. The van der Waals surface area contributed by atoms with Crippen molar-refractivity contribution in [2.45, 2.75) is 32.6 Å². The van der Waals surface area contributed by atoms with Gasteiger partial charge in [-0.25, -0.2) is 4.98 Å². The van der Waals surface area contributed by atoms with Gasteiger partial charge in [0.25, 0.3) is 0 Å². The maximum absolute atomic E-state index is 5.68. The summed E-state index contributed by atoms with van der Waals surface area (Å²) in [4.78, 5) is 7.68. The number of ether oxygens (including phenoxy) is 1. The zero-order chi connectivity index (χ0) is 10.8. The van der Waals surface area contributed by atoms with Gasteiger partial charge in [0.15, 0.2) is 5.13 Å². The van der Waals surface area contributed by atoms with Gasteiger partial charge in [-0.15, -0.1) is 23.7 Å². The lowest BCUT2D eigenvalue weighted by molar-refractivity contribution is -0.0702. The SMILES string of the molecule is C[C@@H]1CN(Cc2cnc(N)s2)C[C@H](C)O1.Cl. The first-order chi connectivity index (χ1) is 7.13. The van der Waals surface area contributed by atoms with Crippen LogP contribution in [0.4, 0.5) is 5.13 Å². The summed E-state index contributed by atoms with van der Waals surface area (Å²) in [6, 6.07) is 0. The van der Waals surface area contributed by atoms with Gasteiger partial charge >= 0.3 is 0 Å². The van der Waals surface area contributed by atoms with E-state index in [2.05, 4.69) is 23.7 Å². The summed E-state index contributed by atoms with van der Waals surface area (Å²) in [6.45, 7) is 7.14. The van der Waals surface area contributed by atoms with Crippen molar-refractivity contribution < 1.29 is 4.74 Å². The Labute approximate surface area is 106 Å². The molecule has 0 saturated carbocycles. The average molecular weight is 264 g/mol. The van der Waals surface area contributed by atoms with Crippen molar-refractivity contribution in [3.05, 3.63) is 11.1 Å². The van der Waals surface area contributed by atoms with Crippen molar-refractivity contribution in [1.29, 1.82) is 0 Å². The first-order valence-electron chi connectivity index (χ1n) is 5.21. The lowest BCUT2D eigenvalue weighted by Crippen LogP contribution is -2.44. The number of halogens is 1. The third-order valence-electron chi connectivity index (χ3n) is 2.45. The Morgan fingerprint density at radius 1 is 1.50 bits per heavy atom. The molecule has 4 nitrogen and oxygen atoms in total. The molecule has 1 aliphatic rings. The molecule has 1 aromatic rings. The molecule has 1 saturated heterocycles. The monoisotopic (exact) mass is 263 g/mol. The lowest BCUT2D eigenvalue weighted by atomic mass is 10.2. The fraction of sp³-hybridized carbons (Fsp3) is 0.700. The third-order valence-corrected chi connectivity index (χ3v) is 3.26. The highest BCUT2D eigenvalue weighted by Crippen LogP contribution is 2.19. The molecule has 0 aliphatic carbocycles. The summed E-state index contributed by atoms with van der Waals surface area (Å²) >= 11 is 1.57. The van der Waals surface area contributed by atoms with Gasteiger partial charge in [-0.05, 0) is 13.8 Å². The Balaban J connectivity index is 0.00000128. The molecule has 1 aliphatic heterocycles. The number of aromatic nitrogens is 1. The molecule has 6 heteroatoms. The van der Waals surface area contributed by atoms with Crippen LogP contribution in [0.15, 0.2) is 6.20 Å². The van der Waals surface area contributed by atoms with E-state index >= 15 is 0 Å². The van der Waals surface area contributed by atoms with Gasteiger partial charge in [0.05, 0.1) is 12.2 Å². The first kappa shape index (κ1) is 13.7. The Morgan fingerprint density at radius 3 is 2.62 bits per heavy atom. The number of thiazole rings is 1. The number of hydrogen-bond donors (Lipinski definition) is 1. The molecule has 2 N–H and O–H groups in total. The highest BCUT2D eigenvalue weighted by atomic mass is 35.5. The van der Waals surface area contributed by atoms with Gasteiger partial charge in [-0.1, -0.05) is 0 Å². The minimum atomic E-state index is 0. The van der Waals surface area contributed by atoms with Gasteiger partial charge < -0.3 is 10.5 Å². The van der Waals surface area contributed by atoms with Crippen molar-refractivity contribution >= 4 is 28.9 Å². The van der Waals surface area contributed by atoms with Gasteiger partial charge in [0.1, 0.15) is 0 Å². The zero-order valence-electron chi connectivity index (χ0n) is 9.55. The van der Waals surface area contributed by atoms with E-state index in [1.54, 1.807) is 11.3 Å². The van der Waals surface area contributed by atoms with Gasteiger partial charge in [0, 0.05) is 30.7 Å².